The summed E-state index contributed by atoms with van der Waals surface area (Å²) in [5.74, 6) is 0. The van der Waals surface area contributed by atoms with Crippen LogP contribution >= 0.6 is 11.6 Å². The lowest BCUT2D eigenvalue weighted by Crippen LogP contribution is -2.15. The number of ether oxygens (including phenoxy) is 1. The maximum Gasteiger partial charge on any atom is 0.411 e. The van der Waals surface area contributed by atoms with Gasteiger partial charge in [0.05, 0.1) is 6.61 Å². The Morgan fingerprint density at radius 1 is 1.43 bits per heavy atom. The van der Waals surface area contributed by atoms with Crippen molar-refractivity contribution in [2.24, 2.45) is 0 Å². The van der Waals surface area contributed by atoms with E-state index in [-0.39, 0.29) is 13.2 Å². The summed E-state index contributed by atoms with van der Waals surface area (Å²) in [6.07, 6.45) is -0.596. The molecule has 4 nitrogen and oxygen atoms in total. The second kappa shape index (κ2) is 5.47. The number of benzene rings is 1. The second-order valence-corrected chi connectivity index (χ2v) is 2.93. The van der Waals surface area contributed by atoms with Crippen molar-refractivity contribution in [3.63, 3.8) is 0 Å². The Morgan fingerprint density at radius 3 is 2.64 bits per heavy atom. The molecule has 0 saturated heterocycles. The first kappa shape index (κ1) is 10.8. The fourth-order valence-corrected chi connectivity index (χ4v) is 0.951. The Kier molecular flexibility index (Phi) is 4.22. The topological polar surface area (TPSA) is 58.6 Å². The van der Waals surface area contributed by atoms with Crippen molar-refractivity contribution < 1.29 is 14.6 Å². The molecular weight excluding hydrogens is 206 g/mol. The molecule has 1 rings (SSSR count). The molecule has 0 radical (unpaired) electrons. The van der Waals surface area contributed by atoms with Crippen LogP contribution in [0.4, 0.5) is 10.5 Å². The molecular formula is C9H10ClNO3. The van der Waals surface area contributed by atoms with E-state index in [1.54, 1.807) is 24.3 Å². The molecule has 0 fully saturated rings. The Labute approximate surface area is 86.4 Å². The molecule has 76 valence electrons. The Hall–Kier alpha value is -1.26. The highest BCUT2D eigenvalue weighted by Crippen LogP contribution is 2.13. The molecule has 0 bridgehead atoms. The number of carbonyl (C=O) groups excluding carboxylic acids is 1. The van der Waals surface area contributed by atoms with E-state index < -0.39 is 6.09 Å². The van der Waals surface area contributed by atoms with E-state index in [2.05, 4.69) is 10.1 Å². The van der Waals surface area contributed by atoms with E-state index in [9.17, 15) is 4.79 Å². The molecule has 1 amide bonds. The van der Waals surface area contributed by atoms with Crippen LogP contribution in [0.3, 0.4) is 0 Å². The van der Waals surface area contributed by atoms with Gasteiger partial charge in [-0.3, -0.25) is 5.32 Å². The first-order valence-electron chi connectivity index (χ1n) is 4.02. The standard InChI is InChI=1S/C9H10ClNO3/c10-7-1-3-8(4-2-7)11-9(13)14-6-5-12/h1-4,12H,5-6H2,(H,11,13). The van der Waals surface area contributed by atoms with E-state index >= 15 is 0 Å². The highest BCUT2D eigenvalue weighted by molar-refractivity contribution is 6.30. The number of anilines is 1. The van der Waals surface area contributed by atoms with Gasteiger partial charge in [0, 0.05) is 10.7 Å². The average Bonchev–Trinajstić information content (AvgIpc) is 2.18. The summed E-state index contributed by atoms with van der Waals surface area (Å²) in [5.41, 5.74) is 0.595. The molecule has 14 heavy (non-hydrogen) atoms. The molecule has 2 N–H and O–H groups in total. The van der Waals surface area contributed by atoms with Crippen molar-refractivity contribution in [1.29, 1.82) is 0 Å². The van der Waals surface area contributed by atoms with Crippen molar-refractivity contribution in [2.75, 3.05) is 18.5 Å². The van der Waals surface area contributed by atoms with Crippen molar-refractivity contribution in [1.82, 2.24) is 0 Å². The minimum atomic E-state index is -0.596. The number of amides is 1. The highest BCUT2D eigenvalue weighted by Gasteiger charge is 2.01. The van der Waals surface area contributed by atoms with Gasteiger partial charge in [-0.05, 0) is 24.3 Å². The zero-order valence-electron chi connectivity index (χ0n) is 7.37. The largest absolute Gasteiger partial charge is 0.447 e. The lowest BCUT2D eigenvalue weighted by Gasteiger charge is -2.05. The third kappa shape index (κ3) is 3.64. The second-order valence-electron chi connectivity index (χ2n) is 2.49. The number of hydrogen-bond acceptors (Lipinski definition) is 3. The molecule has 0 aliphatic rings. The van der Waals surface area contributed by atoms with Gasteiger partial charge in [-0.1, -0.05) is 11.6 Å². The fourth-order valence-electron chi connectivity index (χ4n) is 0.825. The van der Waals surface area contributed by atoms with Gasteiger partial charge in [0.15, 0.2) is 0 Å². The van der Waals surface area contributed by atoms with Gasteiger partial charge in [0.25, 0.3) is 0 Å². The molecule has 0 unspecified atom stereocenters. The molecule has 0 atom stereocenters. The summed E-state index contributed by atoms with van der Waals surface area (Å²) >= 11 is 5.65. The minimum absolute atomic E-state index is 0.0145. The molecule has 0 spiro atoms. The summed E-state index contributed by atoms with van der Waals surface area (Å²) in [7, 11) is 0. The summed E-state index contributed by atoms with van der Waals surface area (Å²) < 4.78 is 4.59. The molecule has 0 heterocycles. The third-order valence-electron chi connectivity index (χ3n) is 1.42. The van der Waals surface area contributed by atoms with Crippen LogP contribution in [0.15, 0.2) is 24.3 Å². The zero-order valence-corrected chi connectivity index (χ0v) is 8.12. The summed E-state index contributed by atoms with van der Waals surface area (Å²) in [6, 6.07) is 6.62. The SMILES string of the molecule is O=C(Nc1ccc(Cl)cc1)OCCO. The van der Waals surface area contributed by atoms with Gasteiger partial charge in [0.1, 0.15) is 6.61 Å². The van der Waals surface area contributed by atoms with Crippen LogP contribution in [0, 0.1) is 0 Å². The monoisotopic (exact) mass is 215 g/mol. The van der Waals surface area contributed by atoms with Crippen molar-refractivity contribution in [2.45, 2.75) is 0 Å². The quantitative estimate of drug-likeness (QED) is 0.810. The predicted octanol–water partition coefficient (Wildman–Crippen LogP) is 1.88. The van der Waals surface area contributed by atoms with E-state index in [1.807, 2.05) is 0 Å². The average molecular weight is 216 g/mol. The van der Waals surface area contributed by atoms with Crippen LogP contribution in [0.2, 0.25) is 5.02 Å². The van der Waals surface area contributed by atoms with Crippen molar-refractivity contribution in [3.05, 3.63) is 29.3 Å². The summed E-state index contributed by atoms with van der Waals surface area (Å²) in [4.78, 5) is 11.0. The number of halogens is 1. The van der Waals surface area contributed by atoms with Crippen LogP contribution in [0.1, 0.15) is 0 Å². The number of aliphatic hydroxyl groups is 1. The Balaban J connectivity index is 2.44. The van der Waals surface area contributed by atoms with E-state index in [0.29, 0.717) is 10.7 Å². The van der Waals surface area contributed by atoms with Crippen molar-refractivity contribution >= 4 is 23.4 Å². The van der Waals surface area contributed by atoms with E-state index in [0.717, 1.165) is 0 Å². The smallest absolute Gasteiger partial charge is 0.411 e. The number of rotatable bonds is 3. The lowest BCUT2D eigenvalue weighted by molar-refractivity contribution is 0.131. The number of hydrogen-bond donors (Lipinski definition) is 2. The Morgan fingerprint density at radius 2 is 2.07 bits per heavy atom. The zero-order chi connectivity index (χ0) is 10.4. The first-order chi connectivity index (χ1) is 6.72. The van der Waals surface area contributed by atoms with Crippen LogP contribution in [0.25, 0.3) is 0 Å². The lowest BCUT2D eigenvalue weighted by atomic mass is 10.3. The Bertz CT molecular complexity index is 299. The summed E-state index contributed by atoms with van der Waals surface area (Å²) in [5, 5.41) is 11.5. The predicted molar refractivity (Wildman–Crippen MR) is 53.5 cm³/mol. The molecule has 1 aromatic carbocycles. The maximum atomic E-state index is 11.0. The normalized spacial score (nSPS) is 9.57. The van der Waals surface area contributed by atoms with Crippen LogP contribution in [-0.2, 0) is 4.74 Å². The van der Waals surface area contributed by atoms with Gasteiger partial charge in [0.2, 0.25) is 0 Å². The van der Waals surface area contributed by atoms with Gasteiger partial charge in [-0.25, -0.2) is 4.79 Å². The van der Waals surface area contributed by atoms with Crippen LogP contribution in [0.5, 0.6) is 0 Å². The van der Waals surface area contributed by atoms with Gasteiger partial charge in [-0.15, -0.1) is 0 Å². The van der Waals surface area contributed by atoms with Crippen LogP contribution < -0.4 is 5.32 Å². The first-order valence-corrected chi connectivity index (χ1v) is 4.40. The third-order valence-corrected chi connectivity index (χ3v) is 1.67. The van der Waals surface area contributed by atoms with Gasteiger partial charge < -0.3 is 9.84 Å². The molecule has 0 aliphatic carbocycles. The van der Waals surface area contributed by atoms with Gasteiger partial charge in [-0.2, -0.15) is 0 Å². The molecule has 5 heteroatoms. The van der Waals surface area contributed by atoms with E-state index in [1.165, 1.54) is 0 Å². The van der Waals surface area contributed by atoms with Crippen molar-refractivity contribution in [3.8, 4) is 0 Å². The summed E-state index contributed by atoms with van der Waals surface area (Å²) in [6.45, 7) is -0.201. The number of carbonyl (C=O) groups is 1. The molecule has 0 aliphatic heterocycles. The van der Waals surface area contributed by atoms with Gasteiger partial charge >= 0.3 is 6.09 Å². The number of aliphatic hydroxyl groups excluding tert-OH is 1. The maximum absolute atomic E-state index is 11.0. The van der Waals surface area contributed by atoms with Crippen LogP contribution in [-0.4, -0.2) is 24.4 Å². The molecule has 1 aromatic rings. The molecule has 0 saturated carbocycles. The molecule has 0 aromatic heterocycles. The highest BCUT2D eigenvalue weighted by atomic mass is 35.5. The number of nitrogens with one attached hydrogen (secondary N) is 1. The minimum Gasteiger partial charge on any atom is -0.447 e. The van der Waals surface area contributed by atoms with E-state index in [4.69, 9.17) is 16.7 Å². The fraction of sp³-hybridized carbons (Fsp3) is 0.222.